The highest BCUT2D eigenvalue weighted by molar-refractivity contribution is 4.75. The Kier molecular flexibility index (Phi) is 3.81. The van der Waals surface area contributed by atoms with Crippen molar-refractivity contribution in [1.82, 2.24) is 4.90 Å². The Morgan fingerprint density at radius 2 is 1.71 bits per heavy atom. The van der Waals surface area contributed by atoms with Crippen molar-refractivity contribution in [3.05, 3.63) is 0 Å². The topological polar surface area (TPSA) is 3.24 Å². The highest BCUT2D eigenvalue weighted by Crippen LogP contribution is 2.26. The summed E-state index contributed by atoms with van der Waals surface area (Å²) in [5.74, 6) is 1.21. The lowest BCUT2D eigenvalue weighted by atomic mass is 9.87. The van der Waals surface area contributed by atoms with Gasteiger partial charge in [-0.05, 0) is 37.8 Å². The van der Waals surface area contributed by atoms with Crippen LogP contribution in [0.4, 0.5) is 13.2 Å². The fourth-order valence-corrected chi connectivity index (χ4v) is 2.03. The number of nitrogens with zero attached hydrogens (tertiary/aromatic N) is 1. The molecule has 1 rings (SSSR count). The molecule has 0 spiro atoms. The van der Waals surface area contributed by atoms with Crippen LogP contribution in [-0.4, -0.2) is 30.7 Å². The smallest absolute Gasteiger partial charge is 0.295 e. The Labute approximate surface area is 83.3 Å². The maximum atomic E-state index is 12.1. The number of rotatable bonds is 2. The van der Waals surface area contributed by atoms with Gasteiger partial charge in [-0.2, -0.15) is 13.2 Å². The molecule has 0 saturated carbocycles. The van der Waals surface area contributed by atoms with E-state index in [2.05, 4.69) is 13.8 Å². The van der Waals surface area contributed by atoms with Gasteiger partial charge in [0.2, 0.25) is 0 Å². The van der Waals surface area contributed by atoms with Gasteiger partial charge in [0.05, 0.1) is 6.54 Å². The minimum atomic E-state index is -4.04. The Bertz CT molecular complexity index is 169. The van der Waals surface area contributed by atoms with Crippen LogP contribution in [0.1, 0.15) is 26.7 Å². The van der Waals surface area contributed by atoms with Crippen LogP contribution < -0.4 is 0 Å². The summed E-state index contributed by atoms with van der Waals surface area (Å²) in [5, 5.41) is 0. The lowest BCUT2D eigenvalue weighted by Crippen LogP contribution is -2.40. The zero-order valence-corrected chi connectivity index (χ0v) is 8.77. The van der Waals surface area contributed by atoms with E-state index in [0.717, 1.165) is 12.8 Å². The molecule has 4 heteroatoms. The van der Waals surface area contributed by atoms with Crippen LogP contribution in [0.2, 0.25) is 0 Å². The van der Waals surface area contributed by atoms with Crippen LogP contribution in [0.5, 0.6) is 0 Å². The molecule has 1 aliphatic rings. The third kappa shape index (κ3) is 3.86. The number of piperidine rings is 1. The van der Waals surface area contributed by atoms with E-state index < -0.39 is 12.7 Å². The fraction of sp³-hybridized carbons (Fsp3) is 1.00. The number of likely N-dealkylation sites (tertiary alicyclic amines) is 1. The van der Waals surface area contributed by atoms with E-state index in [1.807, 2.05) is 0 Å². The van der Waals surface area contributed by atoms with Crippen molar-refractivity contribution in [3.63, 3.8) is 0 Å². The molecule has 0 unspecified atom stereocenters. The summed E-state index contributed by atoms with van der Waals surface area (Å²) in [4.78, 5) is 1.51. The van der Waals surface area contributed by atoms with Crippen molar-refractivity contribution in [3.8, 4) is 0 Å². The van der Waals surface area contributed by atoms with E-state index in [1.54, 1.807) is 0 Å². The summed E-state index contributed by atoms with van der Waals surface area (Å²) in [5.41, 5.74) is 0. The fourth-order valence-electron chi connectivity index (χ4n) is 2.03. The zero-order valence-electron chi connectivity index (χ0n) is 8.77. The number of halogens is 3. The van der Waals surface area contributed by atoms with Gasteiger partial charge in [-0.25, -0.2) is 0 Å². The number of alkyl halides is 3. The molecule has 0 aliphatic carbocycles. The van der Waals surface area contributed by atoms with E-state index in [9.17, 15) is 13.2 Å². The molecule has 0 bridgehead atoms. The number of hydrogen-bond donors (Lipinski definition) is 0. The van der Waals surface area contributed by atoms with Gasteiger partial charge in [-0.3, -0.25) is 4.90 Å². The van der Waals surface area contributed by atoms with Crippen molar-refractivity contribution >= 4 is 0 Å². The molecule has 1 saturated heterocycles. The molecule has 0 radical (unpaired) electrons. The zero-order chi connectivity index (χ0) is 10.8. The molecular formula is C10H18F3N. The molecule has 1 nitrogen and oxygen atoms in total. The minimum Gasteiger partial charge on any atom is -0.295 e. The second kappa shape index (κ2) is 4.51. The summed E-state index contributed by atoms with van der Waals surface area (Å²) in [6.45, 7) is 4.75. The molecule has 0 aromatic heterocycles. The van der Waals surface area contributed by atoms with E-state index in [0.29, 0.717) is 24.9 Å². The van der Waals surface area contributed by atoms with Crippen molar-refractivity contribution in [2.45, 2.75) is 32.9 Å². The Balaban J connectivity index is 2.29. The summed E-state index contributed by atoms with van der Waals surface area (Å²) in [6.07, 6.45) is -2.22. The first-order valence-electron chi connectivity index (χ1n) is 5.17. The van der Waals surface area contributed by atoms with Gasteiger partial charge in [0.25, 0.3) is 0 Å². The summed E-state index contributed by atoms with van der Waals surface area (Å²) >= 11 is 0. The molecule has 0 atom stereocenters. The molecule has 84 valence electrons. The third-order valence-corrected chi connectivity index (χ3v) is 2.98. The molecular weight excluding hydrogens is 191 g/mol. The van der Waals surface area contributed by atoms with Gasteiger partial charge in [0.15, 0.2) is 0 Å². The van der Waals surface area contributed by atoms with Crippen molar-refractivity contribution in [1.29, 1.82) is 0 Å². The van der Waals surface area contributed by atoms with Gasteiger partial charge < -0.3 is 0 Å². The quantitative estimate of drug-likeness (QED) is 0.676. The summed E-state index contributed by atoms with van der Waals surface area (Å²) < 4.78 is 36.2. The van der Waals surface area contributed by atoms with Gasteiger partial charge in [0.1, 0.15) is 0 Å². The molecule has 0 aromatic rings. The Hall–Kier alpha value is -0.250. The van der Waals surface area contributed by atoms with E-state index in [4.69, 9.17) is 0 Å². The Morgan fingerprint density at radius 1 is 1.21 bits per heavy atom. The van der Waals surface area contributed by atoms with Crippen LogP contribution in [-0.2, 0) is 0 Å². The lowest BCUT2D eigenvalue weighted by molar-refractivity contribution is -0.149. The second-order valence-electron chi connectivity index (χ2n) is 4.47. The third-order valence-electron chi connectivity index (χ3n) is 2.98. The molecule has 0 amide bonds. The molecule has 0 N–H and O–H groups in total. The SMILES string of the molecule is CC(C)C1CCN(CC(F)(F)F)CC1. The maximum absolute atomic E-state index is 12.1. The molecule has 1 aliphatic heterocycles. The van der Waals surface area contributed by atoms with Crippen LogP contribution in [0.15, 0.2) is 0 Å². The normalized spacial score (nSPS) is 21.9. The standard InChI is InChI=1S/C10H18F3N/c1-8(2)9-3-5-14(6-4-9)7-10(11,12)13/h8-9H,3-7H2,1-2H3. The Morgan fingerprint density at radius 3 is 2.07 bits per heavy atom. The van der Waals surface area contributed by atoms with E-state index in [1.165, 1.54) is 4.90 Å². The average molecular weight is 209 g/mol. The summed E-state index contributed by atoms with van der Waals surface area (Å²) in [6, 6.07) is 0. The van der Waals surface area contributed by atoms with Crippen LogP contribution in [0.25, 0.3) is 0 Å². The van der Waals surface area contributed by atoms with Crippen LogP contribution in [0.3, 0.4) is 0 Å². The average Bonchev–Trinajstić information content (AvgIpc) is 2.02. The molecule has 1 heterocycles. The first kappa shape index (κ1) is 11.8. The van der Waals surface area contributed by atoms with Crippen molar-refractivity contribution in [2.24, 2.45) is 11.8 Å². The number of hydrogen-bond acceptors (Lipinski definition) is 1. The first-order valence-corrected chi connectivity index (χ1v) is 5.17. The van der Waals surface area contributed by atoms with E-state index >= 15 is 0 Å². The van der Waals surface area contributed by atoms with Crippen LogP contribution >= 0.6 is 0 Å². The van der Waals surface area contributed by atoms with Gasteiger partial charge in [-0.1, -0.05) is 13.8 Å². The predicted octanol–water partition coefficient (Wildman–Crippen LogP) is 2.92. The van der Waals surface area contributed by atoms with Crippen molar-refractivity contribution < 1.29 is 13.2 Å². The van der Waals surface area contributed by atoms with Gasteiger partial charge in [0, 0.05) is 0 Å². The second-order valence-corrected chi connectivity index (χ2v) is 4.47. The van der Waals surface area contributed by atoms with E-state index in [-0.39, 0.29) is 0 Å². The molecule has 14 heavy (non-hydrogen) atoms. The van der Waals surface area contributed by atoms with Crippen LogP contribution in [0, 0.1) is 11.8 Å². The van der Waals surface area contributed by atoms with Crippen molar-refractivity contribution in [2.75, 3.05) is 19.6 Å². The minimum absolute atomic E-state index is 0.600. The predicted molar refractivity (Wildman–Crippen MR) is 50.1 cm³/mol. The van der Waals surface area contributed by atoms with Gasteiger partial charge in [-0.15, -0.1) is 0 Å². The highest BCUT2D eigenvalue weighted by atomic mass is 19.4. The molecule has 1 fully saturated rings. The first-order chi connectivity index (χ1) is 6.38. The monoisotopic (exact) mass is 209 g/mol. The highest BCUT2D eigenvalue weighted by Gasteiger charge is 2.32. The lowest BCUT2D eigenvalue weighted by Gasteiger charge is -2.34. The largest absolute Gasteiger partial charge is 0.401 e. The van der Waals surface area contributed by atoms with Gasteiger partial charge >= 0.3 is 6.18 Å². The molecule has 0 aromatic carbocycles. The maximum Gasteiger partial charge on any atom is 0.401 e. The summed E-state index contributed by atoms with van der Waals surface area (Å²) in [7, 11) is 0.